The third-order valence-corrected chi connectivity index (χ3v) is 5.52. The average Bonchev–Trinajstić information content (AvgIpc) is 3.38. The molecular formula is C20H18N4OS. The van der Waals surface area contributed by atoms with Gasteiger partial charge in [-0.25, -0.2) is 9.97 Å². The zero-order chi connectivity index (χ0) is 17.3. The molecule has 4 aromatic rings. The molecule has 0 bridgehead atoms. The standard InChI is InChI=1S/C20H18N4OS/c1-3-8-14(9-4-1)20-23-18-16(25-20)19(24-11-5-2-6-12-24)22-17(21-18)15-10-7-13-26-15/h1,3-4,7-10,13H,2,5-6,11-12H2. The van der Waals surface area contributed by atoms with Gasteiger partial charge in [-0.15, -0.1) is 11.3 Å². The lowest BCUT2D eigenvalue weighted by Gasteiger charge is -2.27. The molecule has 1 aromatic carbocycles. The van der Waals surface area contributed by atoms with Crippen molar-refractivity contribution < 1.29 is 4.42 Å². The van der Waals surface area contributed by atoms with E-state index in [1.54, 1.807) is 11.3 Å². The zero-order valence-electron chi connectivity index (χ0n) is 14.3. The molecule has 0 aliphatic carbocycles. The SMILES string of the molecule is c1ccc(-c2nc3nc(-c4cccs4)nc(N4CCCCC4)c3o2)cc1. The Labute approximate surface area is 155 Å². The van der Waals surface area contributed by atoms with E-state index in [2.05, 4.69) is 14.9 Å². The normalized spacial score (nSPS) is 14.8. The summed E-state index contributed by atoms with van der Waals surface area (Å²) in [5, 5.41) is 2.04. The van der Waals surface area contributed by atoms with E-state index in [-0.39, 0.29) is 0 Å². The van der Waals surface area contributed by atoms with Gasteiger partial charge in [-0.1, -0.05) is 24.3 Å². The van der Waals surface area contributed by atoms with E-state index >= 15 is 0 Å². The summed E-state index contributed by atoms with van der Waals surface area (Å²) in [6.07, 6.45) is 3.63. The van der Waals surface area contributed by atoms with Crippen LogP contribution in [0.3, 0.4) is 0 Å². The Hall–Kier alpha value is -2.73. The van der Waals surface area contributed by atoms with Gasteiger partial charge in [0.15, 0.2) is 11.6 Å². The second kappa shape index (κ2) is 6.53. The van der Waals surface area contributed by atoms with Crippen molar-refractivity contribution in [2.75, 3.05) is 18.0 Å². The van der Waals surface area contributed by atoms with Gasteiger partial charge in [0.2, 0.25) is 17.1 Å². The Balaban J connectivity index is 1.69. The van der Waals surface area contributed by atoms with Crippen LogP contribution in [0.1, 0.15) is 19.3 Å². The van der Waals surface area contributed by atoms with Crippen LogP contribution in [0.15, 0.2) is 52.3 Å². The molecule has 0 saturated carbocycles. The van der Waals surface area contributed by atoms with Gasteiger partial charge in [-0.3, -0.25) is 0 Å². The lowest BCUT2D eigenvalue weighted by atomic mass is 10.1. The van der Waals surface area contributed by atoms with Crippen LogP contribution in [0.4, 0.5) is 5.82 Å². The van der Waals surface area contributed by atoms with Gasteiger partial charge in [-0.05, 0) is 42.8 Å². The summed E-state index contributed by atoms with van der Waals surface area (Å²) in [6, 6.07) is 14.0. The summed E-state index contributed by atoms with van der Waals surface area (Å²) in [4.78, 5) is 17.6. The van der Waals surface area contributed by atoms with Crippen LogP contribution >= 0.6 is 11.3 Å². The molecule has 5 rings (SSSR count). The highest BCUT2D eigenvalue weighted by atomic mass is 32.1. The number of fused-ring (bicyclic) bond motifs is 1. The Morgan fingerprint density at radius 2 is 1.73 bits per heavy atom. The van der Waals surface area contributed by atoms with E-state index in [1.807, 2.05) is 47.8 Å². The number of piperidine rings is 1. The molecule has 4 heterocycles. The molecule has 1 aliphatic heterocycles. The molecule has 0 atom stereocenters. The van der Waals surface area contributed by atoms with Crippen LogP contribution in [0.2, 0.25) is 0 Å². The van der Waals surface area contributed by atoms with Crippen molar-refractivity contribution in [2.24, 2.45) is 0 Å². The van der Waals surface area contributed by atoms with Gasteiger partial charge in [0.25, 0.3) is 0 Å². The highest BCUT2D eigenvalue weighted by molar-refractivity contribution is 7.13. The zero-order valence-corrected chi connectivity index (χ0v) is 15.1. The van der Waals surface area contributed by atoms with Crippen molar-refractivity contribution in [1.82, 2.24) is 15.0 Å². The molecule has 1 fully saturated rings. The molecule has 0 unspecified atom stereocenters. The van der Waals surface area contributed by atoms with Gasteiger partial charge >= 0.3 is 0 Å². The predicted octanol–water partition coefficient (Wildman–Crippen LogP) is 5.00. The van der Waals surface area contributed by atoms with Crippen LogP contribution in [0.5, 0.6) is 0 Å². The molecule has 0 N–H and O–H groups in total. The maximum atomic E-state index is 6.14. The Morgan fingerprint density at radius 1 is 0.885 bits per heavy atom. The second-order valence-electron chi connectivity index (χ2n) is 6.43. The average molecular weight is 362 g/mol. The number of hydrogen-bond donors (Lipinski definition) is 0. The first-order chi connectivity index (χ1) is 12.9. The van der Waals surface area contributed by atoms with Crippen molar-refractivity contribution in [3.05, 3.63) is 47.8 Å². The van der Waals surface area contributed by atoms with E-state index in [1.165, 1.54) is 19.3 Å². The number of benzene rings is 1. The number of hydrogen-bond acceptors (Lipinski definition) is 6. The first kappa shape index (κ1) is 15.5. The molecule has 1 saturated heterocycles. The largest absolute Gasteiger partial charge is 0.430 e. The monoisotopic (exact) mass is 362 g/mol. The third-order valence-electron chi connectivity index (χ3n) is 4.65. The molecule has 130 valence electrons. The topological polar surface area (TPSA) is 55.1 Å². The van der Waals surface area contributed by atoms with Crippen molar-refractivity contribution in [3.63, 3.8) is 0 Å². The van der Waals surface area contributed by atoms with E-state index in [4.69, 9.17) is 9.40 Å². The number of anilines is 1. The van der Waals surface area contributed by atoms with Crippen molar-refractivity contribution in [1.29, 1.82) is 0 Å². The number of rotatable bonds is 3. The summed E-state index contributed by atoms with van der Waals surface area (Å²) in [5.41, 5.74) is 2.27. The quantitative estimate of drug-likeness (QED) is 0.513. The Kier molecular flexibility index (Phi) is 3.90. The van der Waals surface area contributed by atoms with Crippen LogP contribution in [0, 0.1) is 0 Å². The highest BCUT2D eigenvalue weighted by Crippen LogP contribution is 2.33. The number of thiophene rings is 1. The molecule has 5 nitrogen and oxygen atoms in total. The van der Waals surface area contributed by atoms with Crippen LogP contribution < -0.4 is 4.90 Å². The van der Waals surface area contributed by atoms with Gasteiger partial charge in [0.05, 0.1) is 4.88 Å². The summed E-state index contributed by atoms with van der Waals surface area (Å²) in [7, 11) is 0. The highest BCUT2D eigenvalue weighted by Gasteiger charge is 2.22. The smallest absolute Gasteiger partial charge is 0.229 e. The maximum absolute atomic E-state index is 6.14. The molecule has 0 amide bonds. The number of aromatic nitrogens is 3. The molecule has 26 heavy (non-hydrogen) atoms. The van der Waals surface area contributed by atoms with Crippen LogP contribution in [0.25, 0.3) is 33.4 Å². The van der Waals surface area contributed by atoms with Gasteiger partial charge in [0.1, 0.15) is 0 Å². The second-order valence-corrected chi connectivity index (χ2v) is 7.38. The summed E-state index contributed by atoms with van der Waals surface area (Å²) < 4.78 is 6.14. The van der Waals surface area contributed by atoms with Crippen molar-refractivity contribution in [2.45, 2.75) is 19.3 Å². The molecular weight excluding hydrogens is 344 g/mol. The molecule has 6 heteroatoms. The Bertz CT molecular complexity index is 1020. The summed E-state index contributed by atoms with van der Waals surface area (Å²) in [6.45, 7) is 1.99. The fourth-order valence-corrected chi connectivity index (χ4v) is 4.01. The fourth-order valence-electron chi connectivity index (χ4n) is 3.35. The molecule has 3 aromatic heterocycles. The molecule has 1 aliphatic rings. The first-order valence-electron chi connectivity index (χ1n) is 8.91. The minimum absolute atomic E-state index is 0.594. The van der Waals surface area contributed by atoms with Crippen molar-refractivity contribution in [3.8, 4) is 22.2 Å². The maximum Gasteiger partial charge on any atom is 0.229 e. The summed E-state index contributed by atoms with van der Waals surface area (Å²) in [5.74, 6) is 2.19. The van der Waals surface area contributed by atoms with Gasteiger partial charge in [0, 0.05) is 18.7 Å². The number of oxazole rings is 1. The first-order valence-corrected chi connectivity index (χ1v) is 9.79. The number of nitrogens with zero attached hydrogens (tertiary/aromatic N) is 4. The minimum atomic E-state index is 0.594. The lowest BCUT2D eigenvalue weighted by Crippen LogP contribution is -2.30. The summed E-state index contributed by atoms with van der Waals surface area (Å²) >= 11 is 1.64. The molecule has 0 spiro atoms. The van der Waals surface area contributed by atoms with E-state index in [0.717, 1.165) is 35.2 Å². The predicted molar refractivity (Wildman–Crippen MR) is 104 cm³/mol. The van der Waals surface area contributed by atoms with Crippen LogP contribution in [-0.4, -0.2) is 28.0 Å². The van der Waals surface area contributed by atoms with Gasteiger partial charge < -0.3 is 9.32 Å². The lowest BCUT2D eigenvalue weighted by molar-refractivity contribution is 0.565. The third kappa shape index (κ3) is 2.76. The van der Waals surface area contributed by atoms with E-state index in [9.17, 15) is 0 Å². The fraction of sp³-hybridized carbons (Fsp3) is 0.250. The minimum Gasteiger partial charge on any atom is -0.430 e. The van der Waals surface area contributed by atoms with Crippen molar-refractivity contribution >= 4 is 28.4 Å². The van der Waals surface area contributed by atoms with E-state index < -0.39 is 0 Å². The molecule has 0 radical (unpaired) electrons. The van der Waals surface area contributed by atoms with E-state index in [0.29, 0.717) is 17.1 Å². The Morgan fingerprint density at radius 3 is 2.50 bits per heavy atom. The van der Waals surface area contributed by atoms with Gasteiger partial charge in [-0.2, -0.15) is 4.98 Å². The van der Waals surface area contributed by atoms with Crippen LogP contribution in [-0.2, 0) is 0 Å².